The van der Waals surface area contributed by atoms with E-state index in [4.69, 9.17) is 5.73 Å². The maximum Gasteiger partial charge on any atom is 0.226 e. The highest BCUT2D eigenvalue weighted by Crippen LogP contribution is 2.31. The molecular weight excluding hydrogens is 372 g/mol. The summed E-state index contributed by atoms with van der Waals surface area (Å²) in [5, 5.41) is 5.40. The second-order valence-electron chi connectivity index (χ2n) is 5.64. The molecule has 1 aromatic heterocycles. The van der Waals surface area contributed by atoms with Crippen LogP contribution in [0.2, 0.25) is 0 Å². The van der Waals surface area contributed by atoms with Crippen molar-refractivity contribution in [3.05, 3.63) is 41.2 Å². The number of carbonyl (C=O) groups excluding carboxylic acids is 1. The fourth-order valence-corrected chi connectivity index (χ4v) is 3.11. The van der Waals surface area contributed by atoms with Crippen molar-refractivity contribution in [3.63, 3.8) is 0 Å². The number of hydrogen-bond donors (Lipinski definition) is 2. The van der Waals surface area contributed by atoms with E-state index in [2.05, 4.69) is 10.3 Å². The summed E-state index contributed by atoms with van der Waals surface area (Å²) < 4.78 is 13.2. The van der Waals surface area contributed by atoms with Gasteiger partial charge in [0, 0.05) is 23.5 Å². The summed E-state index contributed by atoms with van der Waals surface area (Å²) in [4.78, 5) is 16.3. The maximum absolute atomic E-state index is 13.2. The van der Waals surface area contributed by atoms with Crippen LogP contribution in [0, 0.1) is 11.7 Å². The van der Waals surface area contributed by atoms with Crippen molar-refractivity contribution < 1.29 is 9.18 Å². The number of thiazole rings is 1. The minimum atomic E-state index is -0.291. The molecule has 0 spiro atoms. The molecule has 1 amide bonds. The van der Waals surface area contributed by atoms with Crippen molar-refractivity contribution in [3.8, 4) is 10.6 Å². The first kappa shape index (κ1) is 20.8. The minimum Gasteiger partial charge on any atom is -0.354 e. The Morgan fingerprint density at radius 2 is 2.17 bits per heavy atom. The number of benzene rings is 1. The van der Waals surface area contributed by atoms with Gasteiger partial charge >= 0.3 is 0 Å². The number of nitrogens with one attached hydrogen (secondary N) is 1. The number of rotatable bonds is 6. The van der Waals surface area contributed by atoms with E-state index in [0.29, 0.717) is 18.2 Å². The third-order valence-corrected chi connectivity index (χ3v) is 4.67. The molecule has 1 unspecified atom stereocenters. The molecular formula is C16H20Cl2FN3OS. The number of nitrogens with two attached hydrogens (primary N) is 1. The van der Waals surface area contributed by atoms with Crippen molar-refractivity contribution in [1.82, 2.24) is 10.3 Å². The molecule has 4 nitrogen and oxygen atoms in total. The zero-order valence-corrected chi connectivity index (χ0v) is 15.4. The van der Waals surface area contributed by atoms with Gasteiger partial charge in [-0.05, 0) is 30.9 Å². The lowest BCUT2D eigenvalue weighted by Crippen LogP contribution is -2.39. The molecule has 1 atom stereocenters. The van der Waals surface area contributed by atoms with Gasteiger partial charge in [0.05, 0.1) is 12.1 Å². The monoisotopic (exact) mass is 391 g/mol. The molecule has 8 heteroatoms. The summed E-state index contributed by atoms with van der Waals surface area (Å²) in [6.07, 6.45) is 2.56. The fourth-order valence-electron chi connectivity index (χ4n) is 2.29. The van der Waals surface area contributed by atoms with Gasteiger partial charge in [-0.25, -0.2) is 9.37 Å². The molecule has 3 rings (SSSR count). The van der Waals surface area contributed by atoms with Crippen LogP contribution < -0.4 is 11.1 Å². The normalized spacial score (nSPS) is 14.2. The minimum absolute atomic E-state index is 0. The highest BCUT2D eigenvalue weighted by Gasteiger charge is 2.28. The molecule has 0 radical (unpaired) electrons. The van der Waals surface area contributed by atoms with E-state index >= 15 is 0 Å². The van der Waals surface area contributed by atoms with Gasteiger partial charge in [0.25, 0.3) is 0 Å². The number of aromatic nitrogens is 1. The second kappa shape index (κ2) is 9.32. The summed E-state index contributed by atoms with van der Waals surface area (Å²) in [7, 11) is 0. The van der Waals surface area contributed by atoms with Crippen molar-refractivity contribution in [2.75, 3.05) is 6.54 Å². The first-order valence-electron chi connectivity index (χ1n) is 7.34. The van der Waals surface area contributed by atoms with E-state index in [0.717, 1.165) is 10.6 Å². The molecule has 24 heavy (non-hydrogen) atoms. The van der Waals surface area contributed by atoms with Crippen LogP contribution in [0.4, 0.5) is 4.39 Å². The van der Waals surface area contributed by atoms with Crippen LogP contribution in [0.1, 0.15) is 18.5 Å². The predicted octanol–water partition coefficient (Wildman–Crippen LogP) is 3.19. The SMILES string of the molecule is Cl.Cl.NC(CNC(=O)Cc1csc(-c2cccc(F)c2)n1)C1CC1. The molecule has 1 saturated carbocycles. The Balaban J connectivity index is 0.00000144. The van der Waals surface area contributed by atoms with Crippen molar-refractivity contribution in [2.45, 2.75) is 25.3 Å². The van der Waals surface area contributed by atoms with Gasteiger partial charge in [0.2, 0.25) is 5.91 Å². The predicted molar refractivity (Wildman–Crippen MR) is 99.4 cm³/mol. The molecule has 1 heterocycles. The van der Waals surface area contributed by atoms with Gasteiger partial charge in [-0.1, -0.05) is 12.1 Å². The summed E-state index contributed by atoms with van der Waals surface area (Å²) in [5.74, 6) is 0.201. The molecule has 1 fully saturated rings. The Bertz CT molecular complexity index is 679. The summed E-state index contributed by atoms with van der Waals surface area (Å²) in [5.41, 5.74) is 7.38. The van der Waals surface area contributed by atoms with Crippen molar-refractivity contribution in [2.24, 2.45) is 11.7 Å². The molecule has 3 N–H and O–H groups in total. The molecule has 1 aliphatic rings. The fraction of sp³-hybridized carbons (Fsp3) is 0.375. The van der Waals surface area contributed by atoms with Gasteiger partial charge in [-0.15, -0.1) is 36.2 Å². The molecule has 132 valence electrons. The average Bonchev–Trinajstić information content (AvgIpc) is 3.25. The van der Waals surface area contributed by atoms with Crippen LogP contribution in [-0.2, 0) is 11.2 Å². The van der Waals surface area contributed by atoms with Crippen molar-refractivity contribution >= 4 is 42.1 Å². The topological polar surface area (TPSA) is 68.0 Å². The lowest BCUT2D eigenvalue weighted by molar-refractivity contribution is -0.120. The Labute approximate surface area is 156 Å². The molecule has 1 aromatic carbocycles. The lowest BCUT2D eigenvalue weighted by atomic mass is 10.2. The van der Waals surface area contributed by atoms with E-state index in [9.17, 15) is 9.18 Å². The summed E-state index contributed by atoms with van der Waals surface area (Å²) in [6.45, 7) is 0.518. The van der Waals surface area contributed by atoms with Crippen LogP contribution in [0.25, 0.3) is 10.6 Å². The van der Waals surface area contributed by atoms with E-state index in [1.807, 2.05) is 5.38 Å². The number of hydrogen-bond acceptors (Lipinski definition) is 4. The average molecular weight is 392 g/mol. The molecule has 0 bridgehead atoms. The maximum atomic E-state index is 13.2. The number of amides is 1. The van der Waals surface area contributed by atoms with Gasteiger partial charge in [-0.3, -0.25) is 4.79 Å². The van der Waals surface area contributed by atoms with Crippen LogP contribution in [0.5, 0.6) is 0 Å². The first-order chi connectivity index (χ1) is 10.6. The van der Waals surface area contributed by atoms with Crippen LogP contribution >= 0.6 is 36.2 Å². The Morgan fingerprint density at radius 3 is 2.83 bits per heavy atom. The highest BCUT2D eigenvalue weighted by molar-refractivity contribution is 7.13. The smallest absolute Gasteiger partial charge is 0.226 e. The quantitative estimate of drug-likeness (QED) is 0.794. The Kier molecular flexibility index (Phi) is 8.09. The number of halogens is 3. The van der Waals surface area contributed by atoms with Gasteiger partial charge < -0.3 is 11.1 Å². The van der Waals surface area contributed by atoms with Crippen molar-refractivity contribution in [1.29, 1.82) is 0 Å². The third-order valence-electron chi connectivity index (χ3n) is 3.73. The van der Waals surface area contributed by atoms with E-state index in [1.165, 1.54) is 36.3 Å². The Morgan fingerprint density at radius 1 is 1.42 bits per heavy atom. The van der Waals surface area contributed by atoms with Crippen LogP contribution in [0.15, 0.2) is 29.6 Å². The van der Waals surface area contributed by atoms with E-state index < -0.39 is 0 Å². The summed E-state index contributed by atoms with van der Waals surface area (Å²) in [6, 6.07) is 6.35. The highest BCUT2D eigenvalue weighted by atomic mass is 35.5. The standard InChI is InChI=1S/C16H18FN3OS.2ClH/c17-12-3-1-2-11(6-12)16-20-13(9-22-16)7-15(21)19-8-14(18)10-4-5-10;;/h1-3,6,9-10,14H,4-5,7-8,18H2,(H,19,21);2*1H. The van der Waals surface area contributed by atoms with Gasteiger partial charge in [0.1, 0.15) is 10.8 Å². The van der Waals surface area contributed by atoms with E-state index in [-0.39, 0.29) is 49.0 Å². The van der Waals surface area contributed by atoms with Crippen LogP contribution in [0.3, 0.4) is 0 Å². The van der Waals surface area contributed by atoms with Gasteiger partial charge in [0.15, 0.2) is 0 Å². The van der Waals surface area contributed by atoms with E-state index in [1.54, 1.807) is 12.1 Å². The largest absolute Gasteiger partial charge is 0.354 e. The lowest BCUT2D eigenvalue weighted by Gasteiger charge is -2.10. The zero-order valence-electron chi connectivity index (χ0n) is 12.9. The molecule has 1 aliphatic carbocycles. The van der Waals surface area contributed by atoms with Crippen LogP contribution in [-0.4, -0.2) is 23.5 Å². The number of nitrogens with zero attached hydrogens (tertiary/aromatic N) is 1. The molecule has 0 aliphatic heterocycles. The summed E-state index contributed by atoms with van der Waals surface area (Å²) >= 11 is 1.41. The second-order valence-corrected chi connectivity index (χ2v) is 6.49. The van der Waals surface area contributed by atoms with Gasteiger partial charge in [-0.2, -0.15) is 0 Å². The number of carbonyl (C=O) groups is 1. The molecule has 0 saturated heterocycles. The third kappa shape index (κ3) is 5.70. The Hall–Kier alpha value is -1.21. The molecule has 2 aromatic rings. The zero-order chi connectivity index (χ0) is 15.5. The first-order valence-corrected chi connectivity index (χ1v) is 8.22.